The lowest BCUT2D eigenvalue weighted by Gasteiger charge is -2.17. The van der Waals surface area contributed by atoms with E-state index >= 15 is 0 Å². The molecule has 0 spiro atoms. The van der Waals surface area contributed by atoms with E-state index in [0.717, 1.165) is 0 Å². The van der Waals surface area contributed by atoms with Gasteiger partial charge in [0.25, 0.3) is 5.88 Å². The lowest BCUT2D eigenvalue weighted by Crippen LogP contribution is -2.14. The molecule has 3 nitrogen and oxygen atoms in total. The molecule has 0 saturated carbocycles. The van der Waals surface area contributed by atoms with Crippen molar-refractivity contribution in [2.75, 3.05) is 6.61 Å². The highest BCUT2D eigenvalue weighted by Crippen LogP contribution is 2.27. The van der Waals surface area contributed by atoms with Crippen LogP contribution in [0.5, 0.6) is 11.6 Å². The highest BCUT2D eigenvalue weighted by Gasteiger charge is 2.13. The van der Waals surface area contributed by atoms with Crippen molar-refractivity contribution in [3.63, 3.8) is 0 Å². The van der Waals surface area contributed by atoms with E-state index in [0.29, 0.717) is 16.8 Å². The Morgan fingerprint density at radius 3 is 2.48 bits per heavy atom. The second kappa shape index (κ2) is 7.36. The van der Waals surface area contributed by atoms with Gasteiger partial charge in [-0.2, -0.15) is 0 Å². The third-order valence-corrected chi connectivity index (χ3v) is 3.25. The number of ether oxygens (including phenoxy) is 2. The van der Waals surface area contributed by atoms with Crippen LogP contribution in [0.4, 0.5) is 8.78 Å². The first-order valence-corrected chi connectivity index (χ1v) is 7.90. The number of nitrogens with zero attached hydrogens (tertiary/aromatic N) is 1. The number of benzene rings is 1. The van der Waals surface area contributed by atoms with E-state index in [1.54, 1.807) is 6.07 Å². The van der Waals surface area contributed by atoms with Gasteiger partial charge in [0.15, 0.2) is 17.4 Å². The number of hydrogen-bond donors (Lipinski definition) is 0. The normalized spacial score (nSPS) is 11.6. The molecule has 1 aromatic carbocycles. The van der Waals surface area contributed by atoms with Crippen LogP contribution in [0.25, 0.3) is 0 Å². The minimum Gasteiger partial charge on any atom is -0.433 e. The van der Waals surface area contributed by atoms with Crippen LogP contribution in [-0.4, -0.2) is 11.6 Å². The molecule has 2 aromatic rings. The molecule has 0 N–H and O–H groups in total. The van der Waals surface area contributed by atoms with Crippen molar-refractivity contribution in [1.82, 2.24) is 4.98 Å². The molecular formula is C17H18BrF2NO2. The van der Waals surface area contributed by atoms with Gasteiger partial charge in [-0.3, -0.25) is 0 Å². The molecule has 0 amide bonds. The molecule has 0 bridgehead atoms. The molecule has 0 aliphatic rings. The zero-order valence-corrected chi connectivity index (χ0v) is 14.8. The van der Waals surface area contributed by atoms with E-state index in [2.05, 4.69) is 41.7 Å². The Morgan fingerprint density at radius 1 is 1.09 bits per heavy atom. The summed E-state index contributed by atoms with van der Waals surface area (Å²) in [5, 5.41) is 0. The largest absolute Gasteiger partial charge is 0.433 e. The first kappa shape index (κ1) is 17.8. The molecule has 1 heterocycles. The summed E-state index contributed by atoms with van der Waals surface area (Å²) < 4.78 is 39.0. The van der Waals surface area contributed by atoms with Crippen LogP contribution in [0.15, 0.2) is 34.8 Å². The average Bonchev–Trinajstić information content (AvgIpc) is 2.44. The lowest BCUT2D eigenvalue weighted by atomic mass is 9.99. The maximum absolute atomic E-state index is 13.8. The van der Waals surface area contributed by atoms with E-state index < -0.39 is 11.6 Å². The van der Waals surface area contributed by atoms with Crippen LogP contribution < -0.4 is 4.74 Å². The molecule has 0 atom stereocenters. The Balaban J connectivity index is 2.11. The van der Waals surface area contributed by atoms with Gasteiger partial charge in [0, 0.05) is 4.47 Å². The highest BCUT2D eigenvalue weighted by atomic mass is 79.9. The van der Waals surface area contributed by atoms with E-state index in [-0.39, 0.29) is 23.7 Å². The van der Waals surface area contributed by atoms with Gasteiger partial charge in [-0.15, -0.1) is 0 Å². The third-order valence-electron chi connectivity index (χ3n) is 2.76. The van der Waals surface area contributed by atoms with Gasteiger partial charge in [-0.05, 0) is 35.7 Å². The van der Waals surface area contributed by atoms with E-state index in [4.69, 9.17) is 9.47 Å². The van der Waals surface area contributed by atoms with E-state index in [1.807, 2.05) is 0 Å². The Morgan fingerprint density at radius 2 is 1.83 bits per heavy atom. The molecule has 124 valence electrons. The summed E-state index contributed by atoms with van der Waals surface area (Å²) in [5.41, 5.74) is 0.545. The molecule has 23 heavy (non-hydrogen) atoms. The fraction of sp³-hybridized carbons (Fsp3) is 0.353. The Bertz CT molecular complexity index is 687. The summed E-state index contributed by atoms with van der Waals surface area (Å²) in [6.45, 7) is 6.93. The molecule has 0 aliphatic carbocycles. The van der Waals surface area contributed by atoms with Crippen molar-refractivity contribution < 1.29 is 18.3 Å². The predicted octanol–water partition coefficient (Wildman–Crippen LogP) is 5.48. The molecule has 2 rings (SSSR count). The average molecular weight is 386 g/mol. The second-order valence-corrected chi connectivity index (χ2v) is 7.24. The highest BCUT2D eigenvalue weighted by molar-refractivity contribution is 9.10. The smallest absolute Gasteiger partial charge is 0.256 e. The molecule has 0 aliphatic heterocycles. The van der Waals surface area contributed by atoms with Crippen molar-refractivity contribution in [2.45, 2.75) is 27.4 Å². The topological polar surface area (TPSA) is 31.4 Å². The minimum atomic E-state index is -0.660. The molecule has 0 fully saturated rings. The van der Waals surface area contributed by atoms with Gasteiger partial charge in [0.05, 0.1) is 18.9 Å². The van der Waals surface area contributed by atoms with Crippen LogP contribution in [0.3, 0.4) is 0 Å². The van der Waals surface area contributed by atoms with Crippen molar-refractivity contribution in [2.24, 2.45) is 5.41 Å². The predicted molar refractivity (Wildman–Crippen MR) is 87.5 cm³/mol. The Hall–Kier alpha value is -1.53. The van der Waals surface area contributed by atoms with Gasteiger partial charge >= 0.3 is 0 Å². The van der Waals surface area contributed by atoms with Crippen LogP contribution >= 0.6 is 15.9 Å². The SMILES string of the molecule is CC(C)(C)COCc1ccc(F)c(Oc2ccc(Br)cc2F)n1. The van der Waals surface area contributed by atoms with Crippen molar-refractivity contribution in [3.05, 3.63) is 52.1 Å². The molecule has 6 heteroatoms. The van der Waals surface area contributed by atoms with Crippen LogP contribution in [-0.2, 0) is 11.3 Å². The van der Waals surface area contributed by atoms with Crippen LogP contribution in [0.2, 0.25) is 0 Å². The van der Waals surface area contributed by atoms with Crippen molar-refractivity contribution >= 4 is 15.9 Å². The summed E-state index contributed by atoms with van der Waals surface area (Å²) in [5.74, 6) is -1.63. The first-order chi connectivity index (χ1) is 10.7. The van der Waals surface area contributed by atoms with Gasteiger partial charge < -0.3 is 9.47 Å². The van der Waals surface area contributed by atoms with Crippen LogP contribution in [0.1, 0.15) is 26.5 Å². The minimum absolute atomic E-state index is 0.0277. The number of rotatable bonds is 5. The number of hydrogen-bond acceptors (Lipinski definition) is 3. The quantitative estimate of drug-likeness (QED) is 0.682. The van der Waals surface area contributed by atoms with Gasteiger partial charge in [0.2, 0.25) is 0 Å². The lowest BCUT2D eigenvalue weighted by molar-refractivity contribution is 0.0578. The fourth-order valence-electron chi connectivity index (χ4n) is 1.74. The first-order valence-electron chi connectivity index (χ1n) is 7.11. The van der Waals surface area contributed by atoms with Gasteiger partial charge in [0.1, 0.15) is 0 Å². The third kappa shape index (κ3) is 5.55. The van der Waals surface area contributed by atoms with Crippen molar-refractivity contribution in [1.29, 1.82) is 0 Å². The zero-order chi connectivity index (χ0) is 17.0. The Labute approximate surface area is 142 Å². The fourth-order valence-corrected chi connectivity index (χ4v) is 2.07. The maximum atomic E-state index is 13.8. The second-order valence-electron chi connectivity index (χ2n) is 6.32. The summed E-state index contributed by atoms with van der Waals surface area (Å²) in [6, 6.07) is 7.00. The monoisotopic (exact) mass is 385 g/mol. The summed E-state index contributed by atoms with van der Waals surface area (Å²) in [7, 11) is 0. The molecule has 0 unspecified atom stereocenters. The van der Waals surface area contributed by atoms with Gasteiger partial charge in [-0.25, -0.2) is 13.8 Å². The van der Waals surface area contributed by atoms with Crippen LogP contribution in [0, 0.1) is 17.0 Å². The number of halogens is 3. The molecule has 0 radical (unpaired) electrons. The molecule has 1 aromatic heterocycles. The summed E-state index contributed by atoms with van der Waals surface area (Å²) in [6.07, 6.45) is 0. The standard InChI is InChI=1S/C17H18BrF2NO2/c1-17(2,3)10-22-9-12-5-6-13(19)16(21-12)23-15-7-4-11(18)8-14(15)20/h4-8H,9-10H2,1-3H3. The zero-order valence-electron chi connectivity index (χ0n) is 13.2. The molecular weight excluding hydrogens is 368 g/mol. The van der Waals surface area contributed by atoms with Gasteiger partial charge in [-0.1, -0.05) is 36.7 Å². The Kier molecular flexibility index (Phi) is 5.70. The number of aromatic nitrogens is 1. The molecule has 0 saturated heterocycles. The van der Waals surface area contributed by atoms with E-state index in [1.165, 1.54) is 24.3 Å². The van der Waals surface area contributed by atoms with Crippen molar-refractivity contribution in [3.8, 4) is 11.6 Å². The maximum Gasteiger partial charge on any atom is 0.256 e. The summed E-state index contributed by atoms with van der Waals surface area (Å²) >= 11 is 3.15. The van der Waals surface area contributed by atoms with E-state index in [9.17, 15) is 8.78 Å². The summed E-state index contributed by atoms with van der Waals surface area (Å²) in [4.78, 5) is 4.05. The number of pyridine rings is 1.